The predicted molar refractivity (Wildman–Crippen MR) is 160 cm³/mol. The molecule has 0 saturated heterocycles. The van der Waals surface area contributed by atoms with Gasteiger partial charge in [-0.1, -0.05) is 24.3 Å². The van der Waals surface area contributed by atoms with Crippen LogP contribution in [-0.2, 0) is 51.1 Å². The average Bonchev–Trinajstić information content (AvgIpc) is 3.67. The van der Waals surface area contributed by atoms with Gasteiger partial charge in [-0.25, -0.2) is 9.97 Å². The van der Waals surface area contributed by atoms with Gasteiger partial charge < -0.3 is 10.2 Å². The molecule has 6 rings (SSSR count). The van der Waals surface area contributed by atoms with Gasteiger partial charge in [0.2, 0.25) is 5.91 Å². The standard InChI is InChI=1S/C31H36N10O/c1-38(2)13-11-32-29(42)20-41-12-10-25(36-41)16-28-33-17-23-8-9-26-30(31(23)35-28)27(40(4)37-26)15-21-6-5-7-22(14-21)24-18-34-39(3)19-24/h5-7,10,12,14,17-19H,8-9,11,13,15-16,20H2,1-4H3,(H,32,42). The van der Waals surface area contributed by atoms with Crippen molar-refractivity contribution in [2.24, 2.45) is 14.1 Å². The molecule has 0 radical (unpaired) electrons. The van der Waals surface area contributed by atoms with E-state index in [0.717, 1.165) is 70.8 Å². The predicted octanol–water partition coefficient (Wildman–Crippen LogP) is 2.43. The SMILES string of the molecule is CN(C)CCNC(=O)Cn1ccc(Cc2ncc3c(n2)-c2c(nn(C)c2Cc2cccc(-c4cnn(C)c4)c2)CC3)n1. The van der Waals surface area contributed by atoms with Gasteiger partial charge in [0.15, 0.2) is 0 Å². The van der Waals surface area contributed by atoms with Crippen LogP contribution in [0.4, 0.5) is 0 Å². The normalized spacial score (nSPS) is 12.4. The number of carbonyl (C=O) groups is 1. The third-order valence-corrected chi connectivity index (χ3v) is 7.58. The van der Waals surface area contributed by atoms with Crippen LogP contribution in [-0.4, -0.2) is 77.3 Å². The number of fused-ring (bicyclic) bond motifs is 3. The van der Waals surface area contributed by atoms with Crippen molar-refractivity contribution in [1.29, 1.82) is 0 Å². The van der Waals surface area contributed by atoms with Gasteiger partial charge in [0.05, 0.1) is 35.4 Å². The number of rotatable bonds is 10. The van der Waals surface area contributed by atoms with Gasteiger partial charge in [0.1, 0.15) is 12.4 Å². The van der Waals surface area contributed by atoms with Crippen LogP contribution in [0.3, 0.4) is 0 Å². The van der Waals surface area contributed by atoms with Crippen molar-refractivity contribution in [2.45, 2.75) is 32.2 Å². The van der Waals surface area contributed by atoms with E-state index in [1.165, 1.54) is 5.56 Å². The van der Waals surface area contributed by atoms with Crippen LogP contribution >= 0.6 is 0 Å². The maximum atomic E-state index is 12.3. The van der Waals surface area contributed by atoms with E-state index in [4.69, 9.17) is 10.1 Å². The summed E-state index contributed by atoms with van der Waals surface area (Å²) >= 11 is 0. The molecule has 42 heavy (non-hydrogen) atoms. The zero-order valence-corrected chi connectivity index (χ0v) is 24.6. The van der Waals surface area contributed by atoms with Crippen molar-refractivity contribution in [1.82, 2.24) is 49.5 Å². The van der Waals surface area contributed by atoms with E-state index in [0.29, 0.717) is 18.8 Å². The van der Waals surface area contributed by atoms with Crippen LogP contribution in [0.5, 0.6) is 0 Å². The highest BCUT2D eigenvalue weighted by Gasteiger charge is 2.26. The lowest BCUT2D eigenvalue weighted by Gasteiger charge is -2.16. The summed E-state index contributed by atoms with van der Waals surface area (Å²) in [6.45, 7) is 1.59. The number of hydrogen-bond acceptors (Lipinski definition) is 7. The first-order valence-electron chi connectivity index (χ1n) is 14.2. The van der Waals surface area contributed by atoms with Crippen LogP contribution < -0.4 is 5.32 Å². The van der Waals surface area contributed by atoms with E-state index in [9.17, 15) is 4.79 Å². The molecule has 0 spiro atoms. The second-order valence-electron chi connectivity index (χ2n) is 11.2. The van der Waals surface area contributed by atoms with E-state index >= 15 is 0 Å². The maximum Gasteiger partial charge on any atom is 0.241 e. The summed E-state index contributed by atoms with van der Waals surface area (Å²) in [4.78, 5) is 24.0. The van der Waals surface area contributed by atoms with Crippen molar-refractivity contribution in [2.75, 3.05) is 27.2 Å². The third kappa shape index (κ3) is 6.01. The van der Waals surface area contributed by atoms with E-state index in [-0.39, 0.29) is 12.5 Å². The molecule has 0 atom stereocenters. The Kier molecular flexibility index (Phi) is 7.66. The number of aryl methyl sites for hydroxylation is 4. The largest absolute Gasteiger partial charge is 0.353 e. The number of aromatic nitrogens is 8. The van der Waals surface area contributed by atoms with Crippen molar-refractivity contribution in [3.8, 4) is 22.4 Å². The minimum atomic E-state index is -0.0564. The Hall–Kier alpha value is -4.64. The van der Waals surface area contributed by atoms with Crippen molar-refractivity contribution in [3.05, 3.63) is 89.2 Å². The minimum Gasteiger partial charge on any atom is -0.353 e. The molecule has 11 heteroatoms. The smallest absolute Gasteiger partial charge is 0.241 e. The molecule has 1 amide bonds. The summed E-state index contributed by atoms with van der Waals surface area (Å²) in [7, 11) is 7.91. The fraction of sp³-hybridized carbons (Fsp3) is 0.355. The molecule has 5 aromatic rings. The van der Waals surface area contributed by atoms with Gasteiger partial charge in [0, 0.05) is 63.3 Å². The van der Waals surface area contributed by atoms with E-state index in [1.54, 1.807) is 4.68 Å². The summed E-state index contributed by atoms with van der Waals surface area (Å²) in [5.41, 5.74) is 9.73. The van der Waals surface area contributed by atoms with Crippen LogP contribution in [0.2, 0.25) is 0 Å². The fourth-order valence-electron chi connectivity index (χ4n) is 5.45. The highest BCUT2D eigenvalue weighted by atomic mass is 16.2. The average molecular weight is 565 g/mol. The molecule has 0 unspecified atom stereocenters. The molecular weight excluding hydrogens is 528 g/mol. The van der Waals surface area contributed by atoms with E-state index in [1.807, 2.05) is 73.3 Å². The molecule has 11 nitrogen and oxygen atoms in total. The molecule has 0 fully saturated rings. The number of likely N-dealkylation sites (N-methyl/N-ethyl adjacent to an activating group) is 1. The lowest BCUT2D eigenvalue weighted by molar-refractivity contribution is -0.121. The van der Waals surface area contributed by atoms with Crippen LogP contribution in [0.15, 0.2) is 55.1 Å². The van der Waals surface area contributed by atoms with Crippen molar-refractivity contribution < 1.29 is 4.79 Å². The highest BCUT2D eigenvalue weighted by molar-refractivity contribution is 5.75. The molecule has 0 saturated carbocycles. The van der Waals surface area contributed by atoms with Gasteiger partial charge in [-0.15, -0.1) is 0 Å². The third-order valence-electron chi connectivity index (χ3n) is 7.58. The number of nitrogens with one attached hydrogen (secondary N) is 1. The first-order chi connectivity index (χ1) is 20.3. The zero-order chi connectivity index (χ0) is 29.2. The number of carbonyl (C=O) groups excluding carboxylic acids is 1. The monoisotopic (exact) mass is 564 g/mol. The number of nitrogens with zero attached hydrogens (tertiary/aromatic N) is 9. The minimum absolute atomic E-state index is 0.0564. The first-order valence-corrected chi connectivity index (χ1v) is 14.2. The van der Waals surface area contributed by atoms with Crippen molar-refractivity contribution in [3.63, 3.8) is 0 Å². The van der Waals surface area contributed by atoms with E-state index < -0.39 is 0 Å². The van der Waals surface area contributed by atoms with Crippen LogP contribution in [0.25, 0.3) is 22.4 Å². The van der Waals surface area contributed by atoms with Gasteiger partial charge in [-0.3, -0.25) is 18.8 Å². The summed E-state index contributed by atoms with van der Waals surface area (Å²) in [6.07, 6.45) is 10.7. The second kappa shape index (κ2) is 11.7. The van der Waals surface area contributed by atoms with E-state index in [2.05, 4.69) is 44.8 Å². The molecule has 0 bridgehead atoms. The highest BCUT2D eigenvalue weighted by Crippen LogP contribution is 2.35. The molecule has 4 heterocycles. The molecule has 216 valence electrons. The maximum absolute atomic E-state index is 12.3. The number of benzene rings is 1. The second-order valence-corrected chi connectivity index (χ2v) is 11.2. The summed E-state index contributed by atoms with van der Waals surface area (Å²) in [6, 6.07) is 10.5. The van der Waals surface area contributed by atoms with Gasteiger partial charge in [-0.05, 0) is 49.7 Å². The molecule has 1 aliphatic carbocycles. The van der Waals surface area contributed by atoms with Crippen LogP contribution in [0, 0.1) is 0 Å². The number of amides is 1. The van der Waals surface area contributed by atoms with Gasteiger partial charge in [0.25, 0.3) is 0 Å². The molecule has 4 aromatic heterocycles. The Labute approximate surface area is 245 Å². The van der Waals surface area contributed by atoms with Crippen molar-refractivity contribution >= 4 is 5.91 Å². The topological polar surface area (TPSA) is 112 Å². The zero-order valence-electron chi connectivity index (χ0n) is 24.6. The lowest BCUT2D eigenvalue weighted by Crippen LogP contribution is -2.33. The van der Waals surface area contributed by atoms with Gasteiger partial charge in [-0.2, -0.15) is 15.3 Å². The van der Waals surface area contributed by atoms with Gasteiger partial charge >= 0.3 is 0 Å². The Morgan fingerprint density at radius 2 is 1.93 bits per heavy atom. The molecule has 1 aliphatic rings. The van der Waals surface area contributed by atoms with Crippen LogP contribution in [0.1, 0.15) is 34.0 Å². The molecule has 1 N–H and O–H groups in total. The molecular formula is C31H36N10O. The molecule has 1 aromatic carbocycles. The Morgan fingerprint density at radius 3 is 2.74 bits per heavy atom. The fourth-order valence-corrected chi connectivity index (χ4v) is 5.45. The summed E-state index contributed by atoms with van der Waals surface area (Å²) < 4.78 is 5.49. The number of hydrogen-bond donors (Lipinski definition) is 1. The Bertz CT molecular complexity index is 1730. The quantitative estimate of drug-likeness (QED) is 0.277. The lowest BCUT2D eigenvalue weighted by atomic mass is 9.91. The molecule has 0 aliphatic heterocycles. The first kappa shape index (κ1) is 27.5. The Balaban J connectivity index is 1.21. The summed E-state index contributed by atoms with van der Waals surface area (Å²) in [5.74, 6) is 0.648. The Morgan fingerprint density at radius 1 is 1.05 bits per heavy atom. The summed E-state index contributed by atoms with van der Waals surface area (Å²) in [5, 5.41) is 16.7.